The molecule has 3 aromatic carbocycles. The first kappa shape index (κ1) is 16.9. The third-order valence-corrected chi connectivity index (χ3v) is 6.41. The average Bonchev–Trinajstić information content (AvgIpc) is 2.96. The van der Waals surface area contributed by atoms with Crippen LogP contribution >= 0.6 is 15.9 Å². The van der Waals surface area contributed by atoms with Crippen molar-refractivity contribution in [2.75, 3.05) is 0 Å². The topological polar surface area (TPSA) is 59.3 Å². The third-order valence-electron chi connectivity index (χ3n) is 4.19. The van der Waals surface area contributed by atoms with Gasteiger partial charge in [0.2, 0.25) is 0 Å². The van der Waals surface area contributed by atoms with Gasteiger partial charge in [-0.15, -0.1) is 0 Å². The minimum atomic E-state index is -3.90. The van der Waals surface area contributed by atoms with E-state index < -0.39 is 10.0 Å². The Morgan fingerprint density at radius 3 is 2.12 bits per heavy atom. The first-order valence-corrected chi connectivity index (χ1v) is 10.1. The van der Waals surface area contributed by atoms with Crippen LogP contribution in [0.1, 0.15) is 0 Å². The summed E-state index contributed by atoms with van der Waals surface area (Å²) < 4.78 is 28.7. The van der Waals surface area contributed by atoms with Crippen molar-refractivity contribution >= 4 is 36.9 Å². The number of aromatic hydroxyl groups is 1. The average molecular weight is 428 g/mol. The molecule has 26 heavy (non-hydrogen) atoms. The molecule has 0 unspecified atom stereocenters. The lowest BCUT2D eigenvalue weighted by atomic mass is 10.1. The first-order chi connectivity index (χ1) is 12.5. The van der Waals surface area contributed by atoms with Crippen molar-refractivity contribution in [3.05, 3.63) is 83.3 Å². The summed E-state index contributed by atoms with van der Waals surface area (Å²) in [5.74, 6) is -0.0630. The van der Waals surface area contributed by atoms with Crippen LogP contribution in [-0.2, 0) is 10.0 Å². The quantitative estimate of drug-likeness (QED) is 0.499. The minimum absolute atomic E-state index is 0.0630. The lowest BCUT2D eigenvalue weighted by Gasteiger charge is -2.12. The summed E-state index contributed by atoms with van der Waals surface area (Å²) >= 11 is 3.38. The highest BCUT2D eigenvalue weighted by Gasteiger charge is 2.27. The molecule has 0 spiro atoms. The fraction of sp³-hybridized carbons (Fsp3) is 0. The monoisotopic (exact) mass is 427 g/mol. The molecule has 0 aliphatic carbocycles. The normalized spacial score (nSPS) is 11.7. The van der Waals surface area contributed by atoms with Crippen molar-refractivity contribution in [3.63, 3.8) is 0 Å². The van der Waals surface area contributed by atoms with Crippen LogP contribution in [0.2, 0.25) is 0 Å². The Kier molecular flexibility index (Phi) is 4.09. The number of rotatable bonds is 3. The highest BCUT2D eigenvalue weighted by Crippen LogP contribution is 2.42. The molecule has 0 bridgehead atoms. The zero-order valence-corrected chi connectivity index (χ0v) is 15.9. The second-order valence-electron chi connectivity index (χ2n) is 5.81. The Balaban J connectivity index is 2.15. The van der Waals surface area contributed by atoms with Crippen LogP contribution in [0.4, 0.5) is 0 Å². The largest absolute Gasteiger partial charge is 0.505 e. The molecule has 0 fully saturated rings. The molecule has 1 aromatic heterocycles. The van der Waals surface area contributed by atoms with Gasteiger partial charge in [0, 0.05) is 15.4 Å². The number of benzene rings is 3. The Hall–Kier alpha value is -2.57. The van der Waals surface area contributed by atoms with E-state index >= 15 is 0 Å². The van der Waals surface area contributed by atoms with E-state index in [4.69, 9.17) is 0 Å². The smallest absolute Gasteiger partial charge is 0.268 e. The first-order valence-electron chi connectivity index (χ1n) is 7.89. The molecule has 6 heteroatoms. The van der Waals surface area contributed by atoms with E-state index in [9.17, 15) is 13.5 Å². The molecule has 0 saturated heterocycles. The Morgan fingerprint density at radius 2 is 1.46 bits per heavy atom. The molecule has 0 amide bonds. The van der Waals surface area contributed by atoms with Crippen LogP contribution in [-0.4, -0.2) is 17.5 Å². The molecule has 1 N–H and O–H groups in total. The van der Waals surface area contributed by atoms with Crippen LogP contribution < -0.4 is 0 Å². The number of halogens is 1. The molecule has 0 saturated carbocycles. The number of fused-ring (bicyclic) bond motifs is 1. The van der Waals surface area contributed by atoms with Crippen LogP contribution in [0.3, 0.4) is 0 Å². The van der Waals surface area contributed by atoms with Gasteiger partial charge in [0.15, 0.2) is 0 Å². The van der Waals surface area contributed by atoms with Gasteiger partial charge in [-0.05, 0) is 30.3 Å². The maximum atomic E-state index is 13.4. The van der Waals surface area contributed by atoms with Crippen molar-refractivity contribution in [1.82, 2.24) is 3.97 Å². The maximum Gasteiger partial charge on any atom is 0.268 e. The number of hydrogen-bond acceptors (Lipinski definition) is 3. The van der Waals surface area contributed by atoms with E-state index in [-0.39, 0.29) is 16.3 Å². The maximum absolute atomic E-state index is 13.4. The molecule has 0 aliphatic heterocycles. The van der Waals surface area contributed by atoms with Gasteiger partial charge in [0.1, 0.15) is 11.4 Å². The van der Waals surface area contributed by atoms with Crippen LogP contribution in [0, 0.1) is 0 Å². The van der Waals surface area contributed by atoms with E-state index in [1.807, 2.05) is 18.2 Å². The van der Waals surface area contributed by atoms with Crippen molar-refractivity contribution in [2.45, 2.75) is 4.90 Å². The second-order valence-corrected chi connectivity index (χ2v) is 8.51. The predicted molar refractivity (Wildman–Crippen MR) is 106 cm³/mol. The minimum Gasteiger partial charge on any atom is -0.505 e. The van der Waals surface area contributed by atoms with Crippen molar-refractivity contribution in [3.8, 4) is 17.0 Å². The van der Waals surface area contributed by atoms with E-state index in [0.29, 0.717) is 16.5 Å². The molecule has 0 radical (unpaired) electrons. The fourth-order valence-electron chi connectivity index (χ4n) is 3.02. The van der Waals surface area contributed by atoms with Gasteiger partial charge in [0.05, 0.1) is 10.4 Å². The van der Waals surface area contributed by atoms with E-state index in [2.05, 4.69) is 15.9 Å². The number of aromatic nitrogens is 1. The van der Waals surface area contributed by atoms with Gasteiger partial charge in [-0.2, -0.15) is 0 Å². The van der Waals surface area contributed by atoms with Crippen LogP contribution in [0.5, 0.6) is 5.75 Å². The van der Waals surface area contributed by atoms with Crippen LogP contribution in [0.25, 0.3) is 22.2 Å². The van der Waals surface area contributed by atoms with Gasteiger partial charge < -0.3 is 5.11 Å². The summed E-state index contributed by atoms with van der Waals surface area (Å²) in [6.07, 6.45) is 0. The summed E-state index contributed by atoms with van der Waals surface area (Å²) in [5.41, 5.74) is 1.30. The van der Waals surface area contributed by atoms with Gasteiger partial charge in [-0.1, -0.05) is 64.5 Å². The van der Waals surface area contributed by atoms with Gasteiger partial charge >= 0.3 is 0 Å². The van der Waals surface area contributed by atoms with Crippen molar-refractivity contribution in [1.29, 1.82) is 0 Å². The standard InChI is InChI=1S/C20H14BrNO3S/c21-15-11-12-18-17(13-15)20(23)19(14-7-3-1-4-8-14)22(18)26(24,25)16-9-5-2-6-10-16/h1-13,23H. The lowest BCUT2D eigenvalue weighted by molar-refractivity contribution is 0.482. The third kappa shape index (κ3) is 2.62. The van der Waals surface area contributed by atoms with E-state index in [1.165, 1.54) is 3.97 Å². The van der Waals surface area contributed by atoms with E-state index in [1.54, 1.807) is 60.7 Å². The molecule has 0 atom stereocenters. The summed E-state index contributed by atoms with van der Waals surface area (Å²) in [4.78, 5) is 0.164. The highest BCUT2D eigenvalue weighted by molar-refractivity contribution is 9.10. The lowest BCUT2D eigenvalue weighted by Crippen LogP contribution is -2.14. The van der Waals surface area contributed by atoms with Crippen molar-refractivity contribution < 1.29 is 13.5 Å². The fourth-order valence-corrected chi connectivity index (χ4v) is 4.94. The number of hydrogen-bond donors (Lipinski definition) is 1. The zero-order valence-electron chi connectivity index (χ0n) is 13.5. The molecule has 1 heterocycles. The highest BCUT2D eigenvalue weighted by atomic mass is 79.9. The molecular formula is C20H14BrNO3S. The molecule has 4 nitrogen and oxygen atoms in total. The zero-order chi connectivity index (χ0) is 18.3. The molecule has 4 aromatic rings. The van der Waals surface area contributed by atoms with E-state index in [0.717, 1.165) is 4.47 Å². The SMILES string of the molecule is O=S(=O)(c1ccccc1)n1c(-c2ccccc2)c(O)c2cc(Br)ccc21. The van der Waals surface area contributed by atoms with Gasteiger partial charge in [0.25, 0.3) is 10.0 Å². The van der Waals surface area contributed by atoms with Crippen LogP contribution in [0.15, 0.2) is 88.2 Å². The Labute approximate surface area is 159 Å². The predicted octanol–water partition coefficient (Wildman–Crippen LogP) is 5.01. The molecule has 130 valence electrons. The Bertz CT molecular complexity index is 1200. The Morgan fingerprint density at radius 1 is 0.846 bits per heavy atom. The summed E-state index contributed by atoms with van der Waals surface area (Å²) in [6, 6.07) is 22.4. The van der Waals surface area contributed by atoms with Gasteiger partial charge in [-0.3, -0.25) is 0 Å². The summed E-state index contributed by atoms with van der Waals surface area (Å²) in [5, 5.41) is 11.3. The molecular weight excluding hydrogens is 414 g/mol. The molecule has 0 aliphatic rings. The second kappa shape index (κ2) is 6.30. The summed E-state index contributed by atoms with van der Waals surface area (Å²) in [7, 11) is -3.90. The van der Waals surface area contributed by atoms with Crippen molar-refractivity contribution in [2.24, 2.45) is 0 Å². The molecule has 4 rings (SSSR count). The number of nitrogens with zero attached hydrogens (tertiary/aromatic N) is 1. The van der Waals surface area contributed by atoms with Gasteiger partial charge in [-0.25, -0.2) is 12.4 Å². The summed E-state index contributed by atoms with van der Waals surface area (Å²) in [6.45, 7) is 0.